The van der Waals surface area contributed by atoms with Crippen LogP contribution >= 0.6 is 11.8 Å². The first kappa shape index (κ1) is 25.1. The van der Waals surface area contributed by atoms with E-state index >= 15 is 0 Å². The molecule has 0 saturated heterocycles. The van der Waals surface area contributed by atoms with Crippen LogP contribution in [0, 0.1) is 5.92 Å². The quantitative estimate of drug-likeness (QED) is 0.475. The number of carbonyl (C=O) groups is 3. The van der Waals surface area contributed by atoms with Crippen molar-refractivity contribution in [1.82, 2.24) is 10.6 Å². The van der Waals surface area contributed by atoms with Crippen LogP contribution in [0.25, 0.3) is 11.1 Å². The van der Waals surface area contributed by atoms with Gasteiger partial charge in [0.05, 0.1) is 5.92 Å². The number of benzene rings is 2. The Morgan fingerprint density at radius 2 is 1.71 bits per heavy atom. The van der Waals surface area contributed by atoms with Crippen LogP contribution in [0.3, 0.4) is 0 Å². The zero-order chi connectivity index (χ0) is 24.8. The fraction of sp³-hybridized carbons (Fsp3) is 0.444. The molecule has 2 amide bonds. The van der Waals surface area contributed by atoms with Crippen molar-refractivity contribution in [1.29, 1.82) is 0 Å². The van der Waals surface area contributed by atoms with Crippen LogP contribution in [0.4, 0.5) is 4.79 Å². The molecule has 1 fully saturated rings. The van der Waals surface area contributed by atoms with Crippen LogP contribution in [0.5, 0.6) is 0 Å². The minimum Gasteiger partial charge on any atom is -0.481 e. The summed E-state index contributed by atoms with van der Waals surface area (Å²) in [6.07, 6.45) is 4.34. The SMILES string of the molecule is CSCCC(NC(=O)OCC1c2ccccc2-c2ccccc21)C(=O)N[C@@H]1CCC[C@@H](C(=O)O)C1. The van der Waals surface area contributed by atoms with Crippen molar-refractivity contribution in [3.05, 3.63) is 59.7 Å². The zero-order valence-corrected chi connectivity index (χ0v) is 20.7. The molecule has 0 aromatic heterocycles. The molecule has 1 unspecified atom stereocenters. The van der Waals surface area contributed by atoms with Gasteiger partial charge in [0.2, 0.25) is 5.91 Å². The maximum Gasteiger partial charge on any atom is 0.407 e. The molecular weight excluding hydrogens is 464 g/mol. The monoisotopic (exact) mass is 496 g/mol. The number of hydrogen-bond donors (Lipinski definition) is 3. The highest BCUT2D eigenvalue weighted by Gasteiger charge is 2.32. The number of amides is 2. The second kappa shape index (κ2) is 11.6. The zero-order valence-electron chi connectivity index (χ0n) is 19.9. The van der Waals surface area contributed by atoms with E-state index in [0.717, 1.165) is 35.1 Å². The fourth-order valence-electron chi connectivity index (χ4n) is 5.13. The standard InChI is InChI=1S/C27H32N2O5S/c1-35-14-13-24(25(30)28-18-8-6-7-17(15-18)26(31)32)29-27(33)34-16-23-21-11-4-2-9-19(21)20-10-3-5-12-22(20)23/h2-5,9-12,17-18,23-24H,6-8,13-16H2,1H3,(H,28,30)(H,29,33)(H,31,32)/t17-,18-,24?/m1/s1. The van der Waals surface area contributed by atoms with Crippen molar-refractivity contribution >= 4 is 29.7 Å². The normalized spacial score (nSPS) is 19.8. The van der Waals surface area contributed by atoms with Gasteiger partial charge >= 0.3 is 12.1 Å². The number of alkyl carbamates (subject to hydrolysis) is 1. The van der Waals surface area contributed by atoms with E-state index in [-0.39, 0.29) is 24.5 Å². The Bertz CT molecular complexity index is 1030. The van der Waals surface area contributed by atoms with Crippen molar-refractivity contribution in [2.24, 2.45) is 5.92 Å². The van der Waals surface area contributed by atoms with Crippen molar-refractivity contribution in [2.75, 3.05) is 18.6 Å². The Hall–Kier alpha value is -3.00. The lowest BCUT2D eigenvalue weighted by molar-refractivity contribution is -0.143. The number of carbonyl (C=O) groups excluding carboxylic acids is 2. The van der Waals surface area contributed by atoms with Gasteiger partial charge in [-0.15, -0.1) is 0 Å². The van der Waals surface area contributed by atoms with Crippen LogP contribution in [0.15, 0.2) is 48.5 Å². The number of carboxylic acids is 1. The first-order chi connectivity index (χ1) is 17.0. The Balaban J connectivity index is 1.36. The number of rotatable bonds is 9. The molecule has 3 N–H and O–H groups in total. The first-order valence-electron chi connectivity index (χ1n) is 12.1. The van der Waals surface area contributed by atoms with E-state index in [9.17, 15) is 19.5 Å². The summed E-state index contributed by atoms with van der Waals surface area (Å²) in [4.78, 5) is 37.1. The Morgan fingerprint density at radius 1 is 1.06 bits per heavy atom. The minimum absolute atomic E-state index is 0.0539. The van der Waals surface area contributed by atoms with Gasteiger partial charge in [-0.2, -0.15) is 11.8 Å². The van der Waals surface area contributed by atoms with Gasteiger partial charge in [-0.3, -0.25) is 9.59 Å². The van der Waals surface area contributed by atoms with E-state index in [1.807, 2.05) is 30.5 Å². The number of ether oxygens (including phenoxy) is 1. The van der Waals surface area contributed by atoms with Crippen molar-refractivity contribution in [3.63, 3.8) is 0 Å². The maximum absolute atomic E-state index is 13.0. The van der Waals surface area contributed by atoms with E-state index in [1.165, 1.54) is 0 Å². The molecular formula is C27H32N2O5S. The summed E-state index contributed by atoms with van der Waals surface area (Å²) in [5, 5.41) is 15.0. The molecule has 2 aliphatic carbocycles. The molecule has 0 aliphatic heterocycles. The summed E-state index contributed by atoms with van der Waals surface area (Å²) >= 11 is 1.59. The molecule has 7 nitrogen and oxygen atoms in total. The van der Waals surface area contributed by atoms with E-state index in [2.05, 4.69) is 34.9 Å². The van der Waals surface area contributed by atoms with Gasteiger partial charge in [0.15, 0.2) is 0 Å². The second-order valence-electron chi connectivity index (χ2n) is 9.21. The molecule has 0 heterocycles. The Labute approximate surface area is 210 Å². The molecule has 2 aromatic carbocycles. The van der Waals surface area contributed by atoms with Gasteiger partial charge in [0.1, 0.15) is 12.6 Å². The van der Waals surface area contributed by atoms with E-state index in [4.69, 9.17) is 4.74 Å². The van der Waals surface area contributed by atoms with Crippen molar-refractivity contribution in [2.45, 2.75) is 50.1 Å². The topological polar surface area (TPSA) is 105 Å². The fourth-order valence-corrected chi connectivity index (χ4v) is 5.61. The van der Waals surface area contributed by atoms with Crippen molar-refractivity contribution < 1.29 is 24.2 Å². The summed E-state index contributed by atoms with van der Waals surface area (Å²) in [6, 6.07) is 15.3. The molecule has 2 aliphatic rings. The van der Waals surface area contributed by atoms with Crippen LogP contribution in [-0.4, -0.2) is 53.8 Å². The highest BCUT2D eigenvalue weighted by atomic mass is 32.2. The molecule has 0 spiro atoms. The van der Waals surface area contributed by atoms with E-state index in [0.29, 0.717) is 25.0 Å². The number of thioether (sulfide) groups is 1. The van der Waals surface area contributed by atoms with Gasteiger partial charge in [0, 0.05) is 12.0 Å². The third-order valence-electron chi connectivity index (χ3n) is 6.93. The third-order valence-corrected chi connectivity index (χ3v) is 7.58. The highest BCUT2D eigenvalue weighted by Crippen LogP contribution is 2.44. The van der Waals surface area contributed by atoms with Gasteiger partial charge in [-0.1, -0.05) is 55.0 Å². The van der Waals surface area contributed by atoms with Crippen LogP contribution < -0.4 is 10.6 Å². The lowest BCUT2D eigenvalue weighted by Crippen LogP contribution is -2.51. The lowest BCUT2D eigenvalue weighted by Gasteiger charge is -2.29. The average molecular weight is 497 g/mol. The summed E-state index contributed by atoms with van der Waals surface area (Å²) in [5.41, 5.74) is 4.56. The largest absolute Gasteiger partial charge is 0.481 e. The Morgan fingerprint density at radius 3 is 2.34 bits per heavy atom. The van der Waals surface area contributed by atoms with E-state index < -0.39 is 24.0 Å². The highest BCUT2D eigenvalue weighted by molar-refractivity contribution is 7.98. The maximum atomic E-state index is 13.0. The Kier molecular flexibility index (Phi) is 8.33. The van der Waals surface area contributed by atoms with Gasteiger partial charge in [-0.05, 0) is 59.9 Å². The number of carboxylic acid groups (broad SMARTS) is 1. The predicted molar refractivity (Wildman–Crippen MR) is 137 cm³/mol. The summed E-state index contributed by atoms with van der Waals surface area (Å²) < 4.78 is 5.62. The smallest absolute Gasteiger partial charge is 0.407 e. The van der Waals surface area contributed by atoms with Crippen LogP contribution in [0.2, 0.25) is 0 Å². The molecule has 35 heavy (non-hydrogen) atoms. The number of nitrogens with one attached hydrogen (secondary N) is 2. The third kappa shape index (κ3) is 5.99. The molecule has 3 atom stereocenters. The molecule has 1 saturated carbocycles. The first-order valence-corrected chi connectivity index (χ1v) is 13.5. The summed E-state index contributed by atoms with van der Waals surface area (Å²) in [7, 11) is 0. The summed E-state index contributed by atoms with van der Waals surface area (Å²) in [5.74, 6) is -0.900. The van der Waals surface area contributed by atoms with Gasteiger partial charge in [0.25, 0.3) is 0 Å². The lowest BCUT2D eigenvalue weighted by atomic mass is 9.85. The molecule has 186 valence electrons. The van der Waals surface area contributed by atoms with E-state index in [1.54, 1.807) is 11.8 Å². The predicted octanol–water partition coefficient (Wildman–Crippen LogP) is 4.41. The molecule has 4 rings (SSSR count). The average Bonchev–Trinajstić information content (AvgIpc) is 3.19. The van der Waals surface area contributed by atoms with Crippen LogP contribution in [0.1, 0.15) is 49.1 Å². The molecule has 0 radical (unpaired) electrons. The number of hydrogen-bond acceptors (Lipinski definition) is 5. The van der Waals surface area contributed by atoms with Crippen LogP contribution in [-0.2, 0) is 14.3 Å². The van der Waals surface area contributed by atoms with Crippen molar-refractivity contribution in [3.8, 4) is 11.1 Å². The molecule has 8 heteroatoms. The van der Waals surface area contributed by atoms with Gasteiger partial charge in [-0.25, -0.2) is 4.79 Å². The minimum atomic E-state index is -0.820. The van der Waals surface area contributed by atoms with Gasteiger partial charge < -0.3 is 20.5 Å². The number of fused-ring (bicyclic) bond motifs is 3. The molecule has 0 bridgehead atoms. The summed E-state index contributed by atoms with van der Waals surface area (Å²) in [6.45, 7) is 0.180. The number of aliphatic carboxylic acids is 1. The second-order valence-corrected chi connectivity index (χ2v) is 10.2. The molecule has 2 aromatic rings.